The van der Waals surface area contributed by atoms with Crippen molar-refractivity contribution in [2.24, 2.45) is 0 Å². The zero-order chi connectivity index (χ0) is 19.1. The normalized spacial score (nSPS) is 10.3. The molecule has 3 rings (SSSR count). The summed E-state index contributed by atoms with van der Waals surface area (Å²) in [4.78, 5) is 12.3. The topological polar surface area (TPSA) is 76.1 Å². The molecule has 0 aliphatic heterocycles. The quantitative estimate of drug-likeness (QED) is 0.644. The minimum atomic E-state index is -0.347. The number of nitrogens with one attached hydrogen (secondary N) is 2. The molecule has 0 saturated carbocycles. The minimum Gasteiger partial charge on any atom is -0.495 e. The van der Waals surface area contributed by atoms with Crippen LogP contribution in [-0.4, -0.2) is 29.8 Å². The maximum absolute atomic E-state index is 12.3. The summed E-state index contributed by atoms with van der Waals surface area (Å²) in [6.07, 6.45) is 0.828. The van der Waals surface area contributed by atoms with E-state index in [1.54, 1.807) is 31.4 Å². The number of para-hydroxylation sites is 2. The highest BCUT2D eigenvalue weighted by Gasteiger charge is 2.11. The highest BCUT2D eigenvalue weighted by Crippen LogP contribution is 2.23. The van der Waals surface area contributed by atoms with Crippen LogP contribution in [0.3, 0.4) is 0 Å². The Bertz CT molecular complexity index is 899. The molecule has 1 heterocycles. The molecule has 0 aliphatic rings. The molecule has 0 saturated heterocycles. The lowest BCUT2D eigenvalue weighted by Gasteiger charge is -2.09. The summed E-state index contributed by atoms with van der Waals surface area (Å²) in [7, 11) is 1.55. The predicted octanol–water partition coefficient (Wildman–Crippen LogP) is 4.05. The van der Waals surface area contributed by atoms with Crippen LogP contribution in [0.15, 0.2) is 60.7 Å². The van der Waals surface area contributed by atoms with Gasteiger partial charge in [-0.15, -0.1) is 10.2 Å². The summed E-state index contributed by atoms with van der Waals surface area (Å²) in [5.74, 6) is 0.844. The average Bonchev–Trinajstić information content (AvgIpc) is 2.70. The number of aromatic nitrogens is 2. The van der Waals surface area contributed by atoms with Gasteiger partial charge in [-0.25, -0.2) is 0 Å². The van der Waals surface area contributed by atoms with E-state index in [1.807, 2.05) is 36.4 Å². The Hall–Kier alpha value is -3.12. The Morgan fingerprint density at radius 3 is 2.52 bits per heavy atom. The molecule has 0 bridgehead atoms. The van der Waals surface area contributed by atoms with Crippen LogP contribution in [-0.2, 0) is 6.42 Å². The first-order valence-corrected chi connectivity index (χ1v) is 8.80. The van der Waals surface area contributed by atoms with Gasteiger partial charge in [-0.1, -0.05) is 35.9 Å². The van der Waals surface area contributed by atoms with E-state index in [0.29, 0.717) is 23.8 Å². The molecule has 0 spiro atoms. The van der Waals surface area contributed by atoms with Crippen LogP contribution in [0.4, 0.5) is 11.5 Å². The van der Waals surface area contributed by atoms with Crippen molar-refractivity contribution in [3.05, 3.63) is 76.9 Å². The molecular weight excluding hydrogens is 364 g/mol. The van der Waals surface area contributed by atoms with Gasteiger partial charge in [0.25, 0.3) is 5.91 Å². The molecule has 0 fully saturated rings. The van der Waals surface area contributed by atoms with Crippen LogP contribution in [0.5, 0.6) is 5.75 Å². The van der Waals surface area contributed by atoms with Gasteiger partial charge in [-0.2, -0.15) is 0 Å². The number of carbonyl (C=O) groups is 1. The van der Waals surface area contributed by atoms with E-state index in [2.05, 4.69) is 20.8 Å². The zero-order valence-electron chi connectivity index (χ0n) is 14.8. The van der Waals surface area contributed by atoms with Gasteiger partial charge < -0.3 is 15.4 Å². The largest absolute Gasteiger partial charge is 0.495 e. The Morgan fingerprint density at radius 2 is 1.81 bits per heavy atom. The fourth-order valence-corrected chi connectivity index (χ4v) is 2.59. The summed E-state index contributed by atoms with van der Waals surface area (Å²) in [5, 5.41) is 14.7. The number of rotatable bonds is 7. The molecule has 6 nitrogen and oxygen atoms in total. The van der Waals surface area contributed by atoms with Gasteiger partial charge in [0.15, 0.2) is 5.69 Å². The van der Waals surface area contributed by atoms with Crippen LogP contribution in [0, 0.1) is 0 Å². The summed E-state index contributed by atoms with van der Waals surface area (Å²) in [5.41, 5.74) is 1.98. The minimum absolute atomic E-state index is 0.226. The standard InChI is InChI=1S/C20H19ClN4O2/c1-27-18-5-3-2-4-16(18)23-20(26)17-10-11-19(25-24-17)22-13-12-14-6-8-15(21)9-7-14/h2-11H,12-13H2,1H3,(H,22,25)(H,23,26). The fourth-order valence-electron chi connectivity index (χ4n) is 2.47. The number of amides is 1. The number of nitrogens with zero attached hydrogens (tertiary/aromatic N) is 2. The Balaban J connectivity index is 1.54. The summed E-state index contributed by atoms with van der Waals surface area (Å²) < 4.78 is 5.22. The van der Waals surface area contributed by atoms with E-state index in [1.165, 1.54) is 5.56 Å². The second kappa shape index (κ2) is 9.00. The third-order valence-electron chi connectivity index (χ3n) is 3.89. The van der Waals surface area contributed by atoms with Crippen molar-refractivity contribution in [2.75, 3.05) is 24.3 Å². The third kappa shape index (κ3) is 5.18. The molecule has 1 aromatic heterocycles. The van der Waals surface area contributed by atoms with Crippen molar-refractivity contribution in [1.29, 1.82) is 0 Å². The Morgan fingerprint density at radius 1 is 1.04 bits per heavy atom. The fraction of sp³-hybridized carbons (Fsp3) is 0.150. The van der Waals surface area contributed by atoms with Crippen molar-refractivity contribution >= 4 is 29.0 Å². The molecule has 138 valence electrons. The first-order chi connectivity index (χ1) is 13.2. The number of methoxy groups -OCH3 is 1. The average molecular weight is 383 g/mol. The van der Waals surface area contributed by atoms with Gasteiger partial charge in [0.2, 0.25) is 0 Å². The monoisotopic (exact) mass is 382 g/mol. The van der Waals surface area contributed by atoms with Crippen LogP contribution in [0.1, 0.15) is 16.1 Å². The molecule has 0 aliphatic carbocycles. The van der Waals surface area contributed by atoms with Gasteiger partial charge in [0.05, 0.1) is 12.8 Å². The van der Waals surface area contributed by atoms with Crippen LogP contribution >= 0.6 is 11.6 Å². The lowest BCUT2D eigenvalue weighted by molar-refractivity contribution is 0.102. The van der Waals surface area contributed by atoms with E-state index in [9.17, 15) is 4.79 Å². The molecule has 27 heavy (non-hydrogen) atoms. The highest BCUT2D eigenvalue weighted by atomic mass is 35.5. The molecule has 0 radical (unpaired) electrons. The van der Waals surface area contributed by atoms with Gasteiger partial charge in [0.1, 0.15) is 11.6 Å². The Labute approximate surface area is 162 Å². The maximum Gasteiger partial charge on any atom is 0.276 e. The van der Waals surface area contributed by atoms with Gasteiger partial charge in [-0.05, 0) is 48.4 Å². The van der Waals surface area contributed by atoms with Gasteiger partial charge in [0, 0.05) is 11.6 Å². The third-order valence-corrected chi connectivity index (χ3v) is 4.14. The number of carbonyl (C=O) groups excluding carboxylic acids is 1. The summed E-state index contributed by atoms with van der Waals surface area (Å²) in [6.45, 7) is 0.697. The number of hydrogen-bond donors (Lipinski definition) is 2. The second-order valence-electron chi connectivity index (χ2n) is 5.76. The lowest BCUT2D eigenvalue weighted by Crippen LogP contribution is -2.15. The molecule has 0 atom stereocenters. The first kappa shape index (κ1) is 18.7. The van der Waals surface area contributed by atoms with Gasteiger partial charge in [-0.3, -0.25) is 4.79 Å². The van der Waals surface area contributed by atoms with Crippen LogP contribution < -0.4 is 15.4 Å². The lowest BCUT2D eigenvalue weighted by atomic mass is 10.1. The Kier molecular flexibility index (Phi) is 6.22. The second-order valence-corrected chi connectivity index (χ2v) is 6.20. The maximum atomic E-state index is 12.3. The summed E-state index contributed by atoms with van der Waals surface area (Å²) in [6, 6.07) is 18.2. The number of benzene rings is 2. The first-order valence-electron chi connectivity index (χ1n) is 8.42. The molecular formula is C20H19ClN4O2. The summed E-state index contributed by atoms with van der Waals surface area (Å²) >= 11 is 5.88. The van der Waals surface area contributed by atoms with E-state index in [4.69, 9.17) is 16.3 Å². The number of halogens is 1. The molecule has 2 aromatic carbocycles. The number of anilines is 2. The SMILES string of the molecule is COc1ccccc1NC(=O)c1ccc(NCCc2ccc(Cl)cc2)nn1. The molecule has 2 N–H and O–H groups in total. The van der Waals surface area contributed by atoms with E-state index in [-0.39, 0.29) is 11.6 Å². The van der Waals surface area contributed by atoms with Crippen LogP contribution in [0.25, 0.3) is 0 Å². The van der Waals surface area contributed by atoms with E-state index in [0.717, 1.165) is 11.4 Å². The number of hydrogen-bond acceptors (Lipinski definition) is 5. The molecule has 7 heteroatoms. The van der Waals surface area contributed by atoms with E-state index >= 15 is 0 Å². The predicted molar refractivity (Wildman–Crippen MR) is 107 cm³/mol. The van der Waals surface area contributed by atoms with Crippen molar-refractivity contribution in [3.63, 3.8) is 0 Å². The van der Waals surface area contributed by atoms with E-state index < -0.39 is 0 Å². The molecule has 0 unspecified atom stereocenters. The molecule has 3 aromatic rings. The van der Waals surface area contributed by atoms with Crippen molar-refractivity contribution in [3.8, 4) is 5.75 Å². The van der Waals surface area contributed by atoms with Crippen molar-refractivity contribution in [2.45, 2.75) is 6.42 Å². The highest BCUT2D eigenvalue weighted by molar-refractivity contribution is 6.30. The van der Waals surface area contributed by atoms with Crippen molar-refractivity contribution < 1.29 is 9.53 Å². The van der Waals surface area contributed by atoms with Gasteiger partial charge >= 0.3 is 0 Å². The number of ether oxygens (including phenoxy) is 1. The molecule has 1 amide bonds. The van der Waals surface area contributed by atoms with Crippen LogP contribution in [0.2, 0.25) is 5.02 Å². The smallest absolute Gasteiger partial charge is 0.276 e. The zero-order valence-corrected chi connectivity index (χ0v) is 15.5. The van der Waals surface area contributed by atoms with Crippen molar-refractivity contribution in [1.82, 2.24) is 10.2 Å².